The van der Waals surface area contributed by atoms with Crippen molar-refractivity contribution >= 4 is 5.91 Å². The van der Waals surface area contributed by atoms with Crippen LogP contribution in [0.15, 0.2) is 48.5 Å². The number of aliphatic hydroxyl groups excluding tert-OH is 1. The number of aliphatic hydroxyl groups is 1. The van der Waals surface area contributed by atoms with Crippen LogP contribution in [0.4, 0.5) is 8.78 Å². The highest BCUT2D eigenvalue weighted by Gasteiger charge is 2.23. The van der Waals surface area contributed by atoms with Crippen LogP contribution in [0.25, 0.3) is 0 Å². The predicted octanol–water partition coefficient (Wildman–Crippen LogP) is 2.15. The van der Waals surface area contributed by atoms with Gasteiger partial charge in [-0.1, -0.05) is 31.2 Å². The van der Waals surface area contributed by atoms with E-state index in [9.17, 15) is 28.9 Å². The lowest BCUT2D eigenvalue weighted by Crippen LogP contribution is -2.49. The molecular weight excluding hydrogens is 458 g/mol. The number of hydrogen-bond donors (Lipinski definition) is 5. The van der Waals surface area contributed by atoms with Crippen LogP contribution in [0.3, 0.4) is 0 Å². The maximum atomic E-state index is 13.7. The summed E-state index contributed by atoms with van der Waals surface area (Å²) in [6, 6.07) is 10.6. The predicted molar refractivity (Wildman–Crippen MR) is 125 cm³/mol. The largest absolute Gasteiger partial charge is 0.493 e. The summed E-state index contributed by atoms with van der Waals surface area (Å²) in [5.41, 5.74) is 2.55. The number of carbonyl (C=O) groups is 1. The van der Waals surface area contributed by atoms with Gasteiger partial charge in [-0.05, 0) is 41.7 Å². The fourth-order valence-electron chi connectivity index (χ4n) is 3.71. The number of aryl methyl sites for hydroxylation is 1. The number of rotatable bonds is 11. The first-order valence-electron chi connectivity index (χ1n) is 11.2. The summed E-state index contributed by atoms with van der Waals surface area (Å²) in [7, 11) is 0. The monoisotopic (exact) mass is 486 g/mol. The summed E-state index contributed by atoms with van der Waals surface area (Å²) in [5, 5.41) is 35.5. The number of amides is 1. The molecule has 1 amide bonds. The van der Waals surface area contributed by atoms with Gasteiger partial charge < -0.3 is 26.0 Å². The maximum absolute atomic E-state index is 13.7. The molecule has 0 radical (unpaired) electrons. The fraction of sp³-hybridized carbons (Fsp3) is 0.320. The zero-order chi connectivity index (χ0) is 25.4. The molecule has 0 saturated heterocycles. The Bertz CT molecular complexity index is 1120. The first-order chi connectivity index (χ1) is 16.7. The molecule has 1 aromatic heterocycles. The number of nitrogens with zero attached hydrogens (tertiary/aromatic N) is 2. The highest BCUT2D eigenvalue weighted by Crippen LogP contribution is 2.14. The normalized spacial score (nSPS) is 12.8. The first-order valence-corrected chi connectivity index (χ1v) is 11.2. The minimum Gasteiger partial charge on any atom is -0.493 e. The second kappa shape index (κ2) is 12.2. The molecule has 0 saturated carbocycles. The molecule has 3 rings (SSSR count). The quantitative estimate of drug-likeness (QED) is 0.281. The second-order valence-corrected chi connectivity index (χ2v) is 8.22. The number of hydrogen-bond acceptors (Lipinski definition) is 7. The van der Waals surface area contributed by atoms with Crippen LogP contribution >= 0.6 is 0 Å². The molecule has 186 valence electrons. The van der Waals surface area contributed by atoms with E-state index in [0.717, 1.165) is 36.2 Å². The molecule has 0 unspecified atom stereocenters. The number of aromatic nitrogens is 2. The van der Waals surface area contributed by atoms with Crippen molar-refractivity contribution in [3.8, 4) is 11.9 Å². The highest BCUT2D eigenvalue weighted by atomic mass is 19.1. The van der Waals surface area contributed by atoms with Crippen LogP contribution in [-0.2, 0) is 30.6 Å². The van der Waals surface area contributed by atoms with Crippen LogP contribution in [0.5, 0.6) is 11.9 Å². The van der Waals surface area contributed by atoms with Gasteiger partial charge in [0.05, 0.1) is 24.3 Å². The molecule has 0 spiro atoms. The third-order valence-corrected chi connectivity index (χ3v) is 5.37. The van der Waals surface area contributed by atoms with Gasteiger partial charge >= 0.3 is 6.01 Å². The fourth-order valence-corrected chi connectivity index (χ4v) is 3.71. The van der Waals surface area contributed by atoms with E-state index in [1.807, 2.05) is 18.2 Å². The van der Waals surface area contributed by atoms with E-state index in [-0.39, 0.29) is 30.6 Å². The Morgan fingerprint density at radius 3 is 2.40 bits per heavy atom. The number of halogens is 2. The van der Waals surface area contributed by atoms with Gasteiger partial charge in [0, 0.05) is 25.2 Å². The Labute approximate surface area is 201 Å². The standard InChI is InChI=1S/C25H28F2N4O4/c1-2-15-4-3-5-16(6-15)13-28-14-22(32)21(9-17-7-18(26)10-19(27)8-17)30-23(33)11-20-12-24(34)31-25(35)29-20/h3-8,10,12,21-22,28,32H,2,9,11,13-14H2,1H3,(H,30,33)(H2,29,31,34,35)/t21-,22+/m0/s1. The third kappa shape index (κ3) is 8.27. The molecular formula is C25H28F2N4O4. The lowest BCUT2D eigenvalue weighted by atomic mass is 10.00. The Balaban J connectivity index is 1.68. The van der Waals surface area contributed by atoms with E-state index < -0.39 is 41.6 Å². The van der Waals surface area contributed by atoms with Gasteiger partial charge in [0.1, 0.15) is 11.6 Å². The minimum atomic E-state index is -1.09. The van der Waals surface area contributed by atoms with Crippen molar-refractivity contribution in [2.75, 3.05) is 6.54 Å². The smallest absolute Gasteiger partial charge is 0.317 e. The van der Waals surface area contributed by atoms with Gasteiger partial charge in [-0.15, -0.1) is 0 Å². The summed E-state index contributed by atoms with van der Waals surface area (Å²) < 4.78 is 27.4. The highest BCUT2D eigenvalue weighted by molar-refractivity contribution is 5.78. The van der Waals surface area contributed by atoms with Crippen LogP contribution in [0.2, 0.25) is 0 Å². The molecule has 1 heterocycles. The zero-order valence-electron chi connectivity index (χ0n) is 19.2. The Kier molecular flexibility index (Phi) is 9.04. The van der Waals surface area contributed by atoms with Crippen molar-refractivity contribution in [1.82, 2.24) is 20.6 Å². The molecule has 5 N–H and O–H groups in total. The Hall–Kier alpha value is -3.63. The van der Waals surface area contributed by atoms with Crippen molar-refractivity contribution in [3.05, 3.63) is 82.5 Å². The molecule has 0 bridgehead atoms. The minimum absolute atomic E-state index is 0.0329. The van der Waals surface area contributed by atoms with E-state index >= 15 is 0 Å². The zero-order valence-corrected chi connectivity index (χ0v) is 19.2. The van der Waals surface area contributed by atoms with Gasteiger partial charge in [0.2, 0.25) is 11.8 Å². The third-order valence-electron chi connectivity index (χ3n) is 5.37. The lowest BCUT2D eigenvalue weighted by Gasteiger charge is -2.25. The van der Waals surface area contributed by atoms with Crippen molar-refractivity contribution in [1.29, 1.82) is 0 Å². The second-order valence-electron chi connectivity index (χ2n) is 8.22. The van der Waals surface area contributed by atoms with E-state index in [2.05, 4.69) is 33.6 Å². The molecule has 0 fully saturated rings. The average molecular weight is 487 g/mol. The van der Waals surface area contributed by atoms with E-state index in [1.165, 1.54) is 5.56 Å². The summed E-state index contributed by atoms with van der Waals surface area (Å²) in [6.45, 7) is 2.65. The van der Waals surface area contributed by atoms with Crippen molar-refractivity contribution in [2.45, 2.75) is 44.9 Å². The molecule has 0 aliphatic carbocycles. The SMILES string of the molecule is CCc1cccc(CNC[C@@H](O)[C@H](Cc2cc(F)cc(F)c2)NC(=O)Cc2cc(O)nc(O)n2)c1. The molecule has 10 heteroatoms. The lowest BCUT2D eigenvalue weighted by molar-refractivity contribution is -0.122. The number of carbonyl (C=O) groups excluding carboxylic acids is 1. The summed E-state index contributed by atoms with van der Waals surface area (Å²) >= 11 is 0. The van der Waals surface area contributed by atoms with Crippen LogP contribution in [-0.4, -0.2) is 49.9 Å². The molecule has 2 atom stereocenters. The molecule has 8 nitrogen and oxygen atoms in total. The van der Waals surface area contributed by atoms with Crippen LogP contribution in [0.1, 0.15) is 29.3 Å². The molecule has 2 aromatic carbocycles. The van der Waals surface area contributed by atoms with Crippen molar-refractivity contribution < 1.29 is 28.9 Å². The van der Waals surface area contributed by atoms with Crippen molar-refractivity contribution in [3.63, 3.8) is 0 Å². The van der Waals surface area contributed by atoms with E-state index in [1.54, 1.807) is 0 Å². The number of aromatic hydroxyl groups is 2. The summed E-state index contributed by atoms with van der Waals surface area (Å²) in [4.78, 5) is 19.6. The number of nitrogens with one attached hydrogen (secondary N) is 2. The summed E-state index contributed by atoms with van der Waals surface area (Å²) in [5.74, 6) is -2.59. The van der Waals surface area contributed by atoms with Gasteiger partial charge in [-0.2, -0.15) is 9.97 Å². The molecule has 0 aliphatic rings. The van der Waals surface area contributed by atoms with Crippen LogP contribution < -0.4 is 10.6 Å². The molecule has 35 heavy (non-hydrogen) atoms. The first kappa shape index (κ1) is 26.0. The van der Waals surface area contributed by atoms with E-state index in [4.69, 9.17) is 0 Å². The maximum Gasteiger partial charge on any atom is 0.317 e. The van der Waals surface area contributed by atoms with Gasteiger partial charge in [0.15, 0.2) is 0 Å². The average Bonchev–Trinajstić information content (AvgIpc) is 2.77. The summed E-state index contributed by atoms with van der Waals surface area (Å²) in [6.07, 6.45) is -0.542. The number of benzene rings is 2. The molecule has 0 aliphatic heterocycles. The van der Waals surface area contributed by atoms with E-state index in [0.29, 0.717) is 6.54 Å². The van der Waals surface area contributed by atoms with Gasteiger partial charge in [-0.3, -0.25) is 4.79 Å². The topological polar surface area (TPSA) is 128 Å². The van der Waals surface area contributed by atoms with Crippen LogP contribution in [0, 0.1) is 11.6 Å². The molecule has 3 aromatic rings. The van der Waals surface area contributed by atoms with Crippen molar-refractivity contribution in [2.24, 2.45) is 0 Å². The van der Waals surface area contributed by atoms with Gasteiger partial charge in [-0.25, -0.2) is 8.78 Å². The Morgan fingerprint density at radius 1 is 1.00 bits per heavy atom. The van der Waals surface area contributed by atoms with Gasteiger partial charge in [0.25, 0.3) is 0 Å². The Morgan fingerprint density at radius 2 is 1.71 bits per heavy atom.